The molecular formula is C27H32FN5O5S. The zero-order valence-electron chi connectivity index (χ0n) is 22.4. The number of imidazole rings is 1. The van der Waals surface area contributed by atoms with Crippen LogP contribution in [0.15, 0.2) is 46.1 Å². The first kappa shape index (κ1) is 28.1. The minimum absolute atomic E-state index is 0.0262. The molecule has 0 saturated heterocycles. The first-order chi connectivity index (χ1) is 18.7. The van der Waals surface area contributed by atoms with Crippen molar-refractivity contribution in [3.8, 4) is 22.9 Å². The number of aryl methyl sites for hydroxylation is 2. The van der Waals surface area contributed by atoms with E-state index in [-0.39, 0.29) is 39.9 Å². The van der Waals surface area contributed by atoms with Crippen LogP contribution in [-0.4, -0.2) is 41.2 Å². The summed E-state index contributed by atoms with van der Waals surface area (Å²) in [6.45, 7) is 8.09. The third kappa shape index (κ3) is 5.90. The van der Waals surface area contributed by atoms with E-state index in [2.05, 4.69) is 26.7 Å². The van der Waals surface area contributed by atoms with Crippen LogP contribution in [0, 0.1) is 5.82 Å². The Morgan fingerprint density at radius 2 is 1.74 bits per heavy atom. The molecule has 2 aromatic carbocycles. The van der Waals surface area contributed by atoms with Crippen molar-refractivity contribution in [3.05, 3.63) is 64.1 Å². The Balaban J connectivity index is 1.80. The number of hydrogen-bond acceptors (Lipinski definition) is 7. The number of nitrogens with one attached hydrogen (secondary N) is 2. The van der Waals surface area contributed by atoms with Gasteiger partial charge in [0.2, 0.25) is 0 Å². The van der Waals surface area contributed by atoms with Crippen LogP contribution in [0.3, 0.4) is 0 Å². The molecule has 0 aliphatic rings. The summed E-state index contributed by atoms with van der Waals surface area (Å²) >= 11 is 0. The molecule has 0 fully saturated rings. The molecule has 2 heterocycles. The molecule has 0 bridgehead atoms. The molecule has 2 N–H and O–H groups in total. The molecule has 2 aromatic heterocycles. The highest BCUT2D eigenvalue weighted by molar-refractivity contribution is 7.92. The molecule has 208 valence electrons. The number of rotatable bonds is 12. The number of H-pyrrole nitrogens is 1. The second kappa shape index (κ2) is 11.9. The topological polar surface area (TPSA) is 128 Å². The maximum Gasteiger partial charge on any atom is 0.277 e. The van der Waals surface area contributed by atoms with E-state index in [4.69, 9.17) is 9.47 Å². The summed E-state index contributed by atoms with van der Waals surface area (Å²) in [4.78, 5) is 20.5. The highest BCUT2D eigenvalue weighted by Crippen LogP contribution is 2.31. The van der Waals surface area contributed by atoms with Crippen LogP contribution in [0.1, 0.15) is 52.1 Å². The van der Waals surface area contributed by atoms with E-state index in [0.29, 0.717) is 42.2 Å². The van der Waals surface area contributed by atoms with Crippen molar-refractivity contribution in [2.45, 2.75) is 58.3 Å². The lowest BCUT2D eigenvalue weighted by Crippen LogP contribution is -2.17. The van der Waals surface area contributed by atoms with E-state index in [0.717, 1.165) is 18.9 Å². The molecule has 39 heavy (non-hydrogen) atoms. The van der Waals surface area contributed by atoms with Crippen molar-refractivity contribution in [1.29, 1.82) is 0 Å². The molecule has 4 rings (SSSR count). The summed E-state index contributed by atoms with van der Waals surface area (Å²) in [6.07, 6.45) is 3.03. The van der Waals surface area contributed by atoms with Gasteiger partial charge in [-0.3, -0.25) is 9.52 Å². The smallest absolute Gasteiger partial charge is 0.277 e. The molecule has 4 aromatic rings. The number of benzene rings is 2. The largest absolute Gasteiger partial charge is 0.493 e. The second-order valence-electron chi connectivity index (χ2n) is 8.77. The molecule has 0 amide bonds. The number of unbranched alkanes of at least 4 members (excludes halogenated alkanes) is 1. The third-order valence-corrected chi connectivity index (χ3v) is 7.41. The van der Waals surface area contributed by atoms with Crippen LogP contribution in [0.5, 0.6) is 11.5 Å². The Kier molecular flexibility index (Phi) is 8.54. The van der Waals surface area contributed by atoms with Gasteiger partial charge < -0.3 is 14.5 Å². The number of anilines is 1. The van der Waals surface area contributed by atoms with Crippen LogP contribution in [0.25, 0.3) is 16.9 Å². The molecule has 0 spiro atoms. The molecule has 0 aliphatic carbocycles. The number of ether oxygens (including phenoxy) is 2. The van der Waals surface area contributed by atoms with Crippen molar-refractivity contribution in [2.75, 3.05) is 17.9 Å². The van der Waals surface area contributed by atoms with Crippen LogP contribution < -0.4 is 19.8 Å². The average molecular weight is 558 g/mol. The van der Waals surface area contributed by atoms with Crippen LogP contribution in [0.2, 0.25) is 0 Å². The fraction of sp³-hybridized carbons (Fsp3) is 0.370. The molecule has 0 unspecified atom stereocenters. The molecule has 0 saturated carbocycles. The minimum Gasteiger partial charge on any atom is -0.493 e. The predicted molar refractivity (Wildman–Crippen MR) is 147 cm³/mol. The van der Waals surface area contributed by atoms with Gasteiger partial charge in [-0.05, 0) is 57.0 Å². The van der Waals surface area contributed by atoms with E-state index in [1.165, 1.54) is 30.3 Å². The normalized spacial score (nSPS) is 11.6. The lowest BCUT2D eigenvalue weighted by atomic mass is 10.2. The quantitative estimate of drug-likeness (QED) is 0.258. The summed E-state index contributed by atoms with van der Waals surface area (Å²) in [5, 5.41) is 4.66. The van der Waals surface area contributed by atoms with Gasteiger partial charge in [0.15, 0.2) is 22.9 Å². The lowest BCUT2D eigenvalue weighted by molar-refractivity contribution is 0.321. The van der Waals surface area contributed by atoms with Crippen LogP contribution in [-0.2, 0) is 22.9 Å². The highest BCUT2D eigenvalue weighted by Gasteiger charge is 2.22. The Hall–Kier alpha value is -3.93. The van der Waals surface area contributed by atoms with Crippen molar-refractivity contribution in [3.63, 3.8) is 0 Å². The molecule has 12 heteroatoms. The standard InChI is InChI=1S/C27H32FN5O5S/c1-5-9-10-24-29-21(6-2)25-27(34)30-26(31-33(24)25)19-16-18(12-14-22(19)37-7-3)39(35,36)32-17-11-13-23(38-8-4)20(28)15-17/h11-16,32H,5-10H2,1-4H3,(H,30,31,34). The van der Waals surface area contributed by atoms with E-state index >= 15 is 0 Å². The zero-order valence-corrected chi connectivity index (χ0v) is 23.2. The number of halogens is 1. The predicted octanol–water partition coefficient (Wildman–Crippen LogP) is 4.73. The summed E-state index contributed by atoms with van der Waals surface area (Å²) in [5.41, 5.74) is 0.948. The van der Waals surface area contributed by atoms with Gasteiger partial charge in [0.05, 0.1) is 35.1 Å². The molecule has 0 atom stereocenters. The number of aromatic nitrogens is 4. The van der Waals surface area contributed by atoms with E-state index in [1.54, 1.807) is 18.4 Å². The van der Waals surface area contributed by atoms with Crippen LogP contribution >= 0.6 is 0 Å². The Labute approximate surface area is 226 Å². The highest BCUT2D eigenvalue weighted by atomic mass is 32.2. The van der Waals surface area contributed by atoms with Gasteiger partial charge in [0.1, 0.15) is 11.6 Å². The van der Waals surface area contributed by atoms with Gasteiger partial charge in [-0.2, -0.15) is 0 Å². The van der Waals surface area contributed by atoms with E-state index in [9.17, 15) is 17.6 Å². The zero-order chi connectivity index (χ0) is 28.2. The summed E-state index contributed by atoms with van der Waals surface area (Å²) in [7, 11) is -4.14. The maximum absolute atomic E-state index is 14.3. The molecule has 10 nitrogen and oxygen atoms in total. The van der Waals surface area contributed by atoms with Gasteiger partial charge in [-0.25, -0.2) is 22.3 Å². The average Bonchev–Trinajstić information content (AvgIpc) is 3.27. The SMILES string of the molecule is CCCCc1nc(CC)c2c(=O)[nH]c(-c3cc(S(=O)(=O)Nc4ccc(OCC)c(F)c4)ccc3OCC)nn12. The second-order valence-corrected chi connectivity index (χ2v) is 10.5. The van der Waals surface area contributed by atoms with Crippen LogP contribution in [0.4, 0.5) is 10.1 Å². The van der Waals surface area contributed by atoms with Crippen molar-refractivity contribution < 1.29 is 22.3 Å². The van der Waals surface area contributed by atoms with E-state index in [1.807, 2.05) is 6.92 Å². The monoisotopic (exact) mass is 557 g/mol. The van der Waals surface area contributed by atoms with Crippen molar-refractivity contribution in [1.82, 2.24) is 19.6 Å². The third-order valence-electron chi connectivity index (χ3n) is 6.03. The van der Waals surface area contributed by atoms with Gasteiger partial charge in [0, 0.05) is 12.5 Å². The number of hydrogen-bond donors (Lipinski definition) is 2. The fourth-order valence-corrected chi connectivity index (χ4v) is 5.27. The molecule has 0 radical (unpaired) electrons. The van der Waals surface area contributed by atoms with Gasteiger partial charge in [-0.1, -0.05) is 20.3 Å². The first-order valence-corrected chi connectivity index (χ1v) is 14.4. The summed E-state index contributed by atoms with van der Waals surface area (Å²) in [5.74, 6) is 0.482. The van der Waals surface area contributed by atoms with Gasteiger partial charge >= 0.3 is 0 Å². The number of aromatic amines is 1. The van der Waals surface area contributed by atoms with Gasteiger partial charge in [0.25, 0.3) is 15.6 Å². The summed E-state index contributed by atoms with van der Waals surface area (Å²) < 4.78 is 55.7. The minimum atomic E-state index is -4.14. The summed E-state index contributed by atoms with van der Waals surface area (Å²) in [6, 6.07) is 8.06. The number of sulfonamides is 1. The van der Waals surface area contributed by atoms with Crippen molar-refractivity contribution in [2.24, 2.45) is 0 Å². The van der Waals surface area contributed by atoms with Crippen molar-refractivity contribution >= 4 is 21.2 Å². The maximum atomic E-state index is 14.3. The Morgan fingerprint density at radius 3 is 2.41 bits per heavy atom. The number of fused-ring (bicyclic) bond motifs is 1. The van der Waals surface area contributed by atoms with E-state index < -0.39 is 15.8 Å². The number of nitrogens with zero attached hydrogens (tertiary/aromatic N) is 3. The molecular weight excluding hydrogens is 525 g/mol. The Morgan fingerprint density at radius 1 is 1.03 bits per heavy atom. The van der Waals surface area contributed by atoms with Gasteiger partial charge in [-0.15, -0.1) is 5.10 Å². The lowest BCUT2D eigenvalue weighted by Gasteiger charge is -2.14. The fourth-order valence-electron chi connectivity index (χ4n) is 4.19. The molecule has 0 aliphatic heterocycles. The Bertz CT molecular complexity index is 1650. The first-order valence-electron chi connectivity index (χ1n) is 12.9.